The summed E-state index contributed by atoms with van der Waals surface area (Å²) >= 11 is 1.29. The number of halogens is 2. The number of benzene rings is 2. The molecule has 0 unspecified atom stereocenters. The van der Waals surface area contributed by atoms with Gasteiger partial charge in [-0.25, -0.2) is 22.2 Å². The van der Waals surface area contributed by atoms with Crippen LogP contribution >= 0.6 is 11.3 Å². The fourth-order valence-corrected chi connectivity index (χ4v) is 5.94. The molecule has 0 bridgehead atoms. The third kappa shape index (κ3) is 4.01. The van der Waals surface area contributed by atoms with Crippen LogP contribution in [0.2, 0.25) is 0 Å². The first-order valence-corrected chi connectivity index (χ1v) is 12.2. The van der Waals surface area contributed by atoms with Crippen LogP contribution in [0.5, 0.6) is 0 Å². The van der Waals surface area contributed by atoms with Gasteiger partial charge in [-0.3, -0.25) is 4.79 Å². The lowest BCUT2D eigenvalue weighted by Gasteiger charge is -2.34. The van der Waals surface area contributed by atoms with Gasteiger partial charge in [0.25, 0.3) is 5.56 Å². The molecule has 1 saturated heterocycles. The first-order chi connectivity index (χ1) is 15.8. The van der Waals surface area contributed by atoms with Crippen molar-refractivity contribution in [3.63, 3.8) is 0 Å². The van der Waals surface area contributed by atoms with Crippen molar-refractivity contribution < 1.29 is 17.2 Å². The van der Waals surface area contributed by atoms with Crippen molar-refractivity contribution in [3.8, 4) is 10.6 Å². The standard InChI is InChI=1S/C21H17F2N5O3S2/c22-16-7-6-15(12-17(16)23)33(30,31)27-10-8-26(9-11-27)18-13-19(29)28-21(24-18)32-20(25-28)14-4-2-1-3-5-14/h1-7,12-13H,8-11H2. The van der Waals surface area contributed by atoms with E-state index >= 15 is 0 Å². The molecule has 3 heterocycles. The first kappa shape index (κ1) is 21.6. The highest BCUT2D eigenvalue weighted by Gasteiger charge is 2.30. The Kier molecular flexibility index (Phi) is 5.43. The molecule has 0 amide bonds. The predicted molar refractivity (Wildman–Crippen MR) is 120 cm³/mol. The average Bonchev–Trinajstić information content (AvgIpc) is 3.26. The molecule has 4 aromatic rings. The summed E-state index contributed by atoms with van der Waals surface area (Å²) in [7, 11) is -3.97. The molecule has 1 fully saturated rings. The smallest absolute Gasteiger partial charge is 0.277 e. The molecule has 5 rings (SSSR count). The molecule has 0 aliphatic carbocycles. The monoisotopic (exact) mass is 489 g/mol. The van der Waals surface area contributed by atoms with E-state index in [1.54, 1.807) is 0 Å². The highest BCUT2D eigenvalue weighted by atomic mass is 32.2. The largest absolute Gasteiger partial charge is 0.354 e. The van der Waals surface area contributed by atoms with Crippen molar-refractivity contribution in [2.24, 2.45) is 0 Å². The minimum atomic E-state index is -3.97. The minimum absolute atomic E-state index is 0.111. The second kappa shape index (κ2) is 8.28. The summed E-state index contributed by atoms with van der Waals surface area (Å²) < 4.78 is 54.8. The van der Waals surface area contributed by atoms with Crippen LogP contribution in [-0.4, -0.2) is 53.5 Å². The molecule has 1 aliphatic heterocycles. The molecular formula is C21H17F2N5O3S2. The summed E-state index contributed by atoms with van der Waals surface area (Å²) in [6, 6.07) is 13.4. The van der Waals surface area contributed by atoms with E-state index in [2.05, 4.69) is 10.1 Å². The van der Waals surface area contributed by atoms with Gasteiger partial charge >= 0.3 is 0 Å². The van der Waals surface area contributed by atoms with Crippen LogP contribution in [0.4, 0.5) is 14.6 Å². The van der Waals surface area contributed by atoms with Crippen molar-refractivity contribution in [1.29, 1.82) is 0 Å². The van der Waals surface area contributed by atoms with Gasteiger partial charge in [-0.1, -0.05) is 41.7 Å². The topological polar surface area (TPSA) is 87.9 Å². The van der Waals surface area contributed by atoms with Crippen molar-refractivity contribution in [3.05, 3.63) is 76.6 Å². The second-order valence-corrected chi connectivity index (χ2v) is 10.3. The quantitative estimate of drug-likeness (QED) is 0.438. The molecule has 2 aromatic heterocycles. The van der Waals surface area contributed by atoms with Gasteiger partial charge in [0.2, 0.25) is 15.0 Å². The Balaban J connectivity index is 1.37. The Morgan fingerprint density at radius 3 is 2.33 bits per heavy atom. The number of aromatic nitrogens is 3. The van der Waals surface area contributed by atoms with Gasteiger partial charge in [-0.05, 0) is 18.2 Å². The van der Waals surface area contributed by atoms with Gasteiger partial charge in [-0.2, -0.15) is 13.9 Å². The fourth-order valence-electron chi connectivity index (χ4n) is 3.60. The van der Waals surface area contributed by atoms with Gasteiger partial charge in [-0.15, -0.1) is 0 Å². The predicted octanol–water partition coefficient (Wildman–Crippen LogP) is 2.61. The third-order valence-corrected chi connectivity index (χ3v) is 8.20. The Hall–Kier alpha value is -3.22. The zero-order chi connectivity index (χ0) is 23.2. The first-order valence-electron chi connectivity index (χ1n) is 9.99. The molecule has 0 N–H and O–H groups in total. The number of rotatable bonds is 4. The molecule has 2 aromatic carbocycles. The summed E-state index contributed by atoms with van der Waals surface area (Å²) in [4.78, 5) is 19.1. The summed E-state index contributed by atoms with van der Waals surface area (Å²) in [6.07, 6.45) is 0. The van der Waals surface area contributed by atoms with Gasteiger partial charge in [0.05, 0.1) is 4.90 Å². The molecule has 0 saturated carbocycles. The van der Waals surface area contributed by atoms with Crippen LogP contribution in [0.25, 0.3) is 15.5 Å². The van der Waals surface area contributed by atoms with E-state index < -0.39 is 21.7 Å². The summed E-state index contributed by atoms with van der Waals surface area (Å²) in [5.41, 5.74) is 0.551. The van der Waals surface area contributed by atoms with Crippen molar-refractivity contribution in [2.75, 3.05) is 31.1 Å². The van der Waals surface area contributed by atoms with E-state index in [-0.39, 0.29) is 36.6 Å². The Morgan fingerprint density at radius 2 is 1.64 bits per heavy atom. The van der Waals surface area contributed by atoms with Crippen molar-refractivity contribution >= 4 is 32.1 Å². The molecule has 0 spiro atoms. The molecule has 12 heteroatoms. The van der Waals surface area contributed by atoms with E-state index in [4.69, 9.17) is 0 Å². The lowest BCUT2D eigenvalue weighted by Crippen LogP contribution is -2.49. The minimum Gasteiger partial charge on any atom is -0.354 e. The SMILES string of the molecule is O=c1cc(N2CCN(S(=O)(=O)c3ccc(F)c(F)c3)CC2)nc2sc(-c3ccccc3)nn12. The lowest BCUT2D eigenvalue weighted by molar-refractivity contribution is 0.383. The lowest BCUT2D eigenvalue weighted by atomic mass is 10.2. The van der Waals surface area contributed by atoms with Crippen LogP contribution < -0.4 is 10.5 Å². The van der Waals surface area contributed by atoms with Crippen molar-refractivity contribution in [2.45, 2.75) is 4.90 Å². The van der Waals surface area contributed by atoms with E-state index in [0.717, 1.165) is 17.7 Å². The average molecular weight is 490 g/mol. The Morgan fingerprint density at radius 1 is 0.909 bits per heavy atom. The van der Waals surface area contributed by atoms with E-state index in [0.29, 0.717) is 21.9 Å². The van der Waals surface area contributed by atoms with Crippen LogP contribution in [-0.2, 0) is 10.0 Å². The number of piperazine rings is 1. The molecule has 33 heavy (non-hydrogen) atoms. The van der Waals surface area contributed by atoms with E-state index in [1.807, 2.05) is 35.2 Å². The normalized spacial score (nSPS) is 15.3. The molecule has 0 radical (unpaired) electrons. The maximum atomic E-state index is 13.5. The number of nitrogens with zero attached hydrogens (tertiary/aromatic N) is 5. The van der Waals surface area contributed by atoms with Crippen LogP contribution in [0, 0.1) is 11.6 Å². The number of fused-ring (bicyclic) bond motifs is 1. The summed E-state index contributed by atoms with van der Waals surface area (Å²) in [5.74, 6) is -1.88. The molecule has 8 nitrogen and oxygen atoms in total. The highest BCUT2D eigenvalue weighted by Crippen LogP contribution is 2.26. The number of sulfonamides is 1. The van der Waals surface area contributed by atoms with Gasteiger partial charge < -0.3 is 4.90 Å². The van der Waals surface area contributed by atoms with Gasteiger partial charge in [0.1, 0.15) is 10.8 Å². The third-order valence-electron chi connectivity index (χ3n) is 5.34. The van der Waals surface area contributed by atoms with Crippen LogP contribution in [0.3, 0.4) is 0 Å². The van der Waals surface area contributed by atoms with E-state index in [9.17, 15) is 22.0 Å². The van der Waals surface area contributed by atoms with Gasteiger partial charge in [0.15, 0.2) is 11.6 Å². The molecule has 0 atom stereocenters. The maximum Gasteiger partial charge on any atom is 0.277 e. The van der Waals surface area contributed by atoms with E-state index in [1.165, 1.54) is 26.2 Å². The van der Waals surface area contributed by atoms with Crippen molar-refractivity contribution in [1.82, 2.24) is 18.9 Å². The molecule has 170 valence electrons. The van der Waals surface area contributed by atoms with Crippen LogP contribution in [0.1, 0.15) is 0 Å². The molecule has 1 aliphatic rings. The summed E-state index contributed by atoms with van der Waals surface area (Å²) in [5, 5.41) is 5.02. The number of anilines is 1. The fraction of sp³-hybridized carbons (Fsp3) is 0.190. The van der Waals surface area contributed by atoms with Crippen LogP contribution in [0.15, 0.2) is 64.3 Å². The Bertz CT molecular complexity index is 1500. The van der Waals surface area contributed by atoms with Gasteiger partial charge in [0, 0.05) is 37.8 Å². The second-order valence-electron chi connectivity index (χ2n) is 7.39. The number of hydrogen-bond donors (Lipinski definition) is 0. The maximum absolute atomic E-state index is 13.5. The molecular weight excluding hydrogens is 472 g/mol. The highest BCUT2D eigenvalue weighted by molar-refractivity contribution is 7.89. The number of hydrogen-bond acceptors (Lipinski definition) is 7. The zero-order valence-electron chi connectivity index (χ0n) is 17.1. The Labute approximate surface area is 191 Å². The summed E-state index contributed by atoms with van der Waals surface area (Å²) in [6.45, 7) is 0.798. The zero-order valence-corrected chi connectivity index (χ0v) is 18.7.